The van der Waals surface area contributed by atoms with Gasteiger partial charge in [0.25, 0.3) is 0 Å². The van der Waals surface area contributed by atoms with Crippen molar-refractivity contribution in [3.63, 3.8) is 0 Å². The molecule has 18 heavy (non-hydrogen) atoms. The van der Waals surface area contributed by atoms with Crippen LogP contribution in [0.2, 0.25) is 0 Å². The monoisotopic (exact) mass is 246 g/mol. The molecule has 1 aromatic rings. The smallest absolute Gasteiger partial charge is 0.0221 e. The topological polar surface area (TPSA) is 15.3 Å². The van der Waals surface area contributed by atoms with Gasteiger partial charge in [0.15, 0.2) is 0 Å². The zero-order valence-corrected chi connectivity index (χ0v) is 11.7. The third kappa shape index (κ3) is 3.56. The van der Waals surface area contributed by atoms with Crippen LogP contribution < -0.4 is 5.32 Å². The highest BCUT2D eigenvalue weighted by Gasteiger charge is 2.21. The molecule has 1 saturated heterocycles. The third-order valence-corrected chi connectivity index (χ3v) is 4.07. The van der Waals surface area contributed by atoms with Crippen LogP contribution in [0.4, 0.5) is 0 Å². The molecule has 1 fully saturated rings. The largest absolute Gasteiger partial charge is 0.315 e. The lowest BCUT2D eigenvalue weighted by Gasteiger charge is -2.35. The molecule has 0 saturated carbocycles. The van der Waals surface area contributed by atoms with Crippen LogP contribution in [0.3, 0.4) is 0 Å². The van der Waals surface area contributed by atoms with E-state index < -0.39 is 0 Å². The van der Waals surface area contributed by atoms with Gasteiger partial charge in [-0.2, -0.15) is 0 Å². The summed E-state index contributed by atoms with van der Waals surface area (Å²) in [5, 5.41) is 3.52. The normalized spacial score (nSPS) is 22.1. The minimum atomic E-state index is 0.619. The van der Waals surface area contributed by atoms with Gasteiger partial charge in [0.05, 0.1) is 0 Å². The lowest BCUT2D eigenvalue weighted by atomic mass is 9.98. The Morgan fingerprint density at radius 3 is 2.72 bits per heavy atom. The molecule has 0 aliphatic carbocycles. The van der Waals surface area contributed by atoms with Crippen LogP contribution >= 0.6 is 0 Å². The van der Waals surface area contributed by atoms with Gasteiger partial charge in [-0.05, 0) is 37.4 Å². The lowest BCUT2D eigenvalue weighted by Crippen LogP contribution is -2.47. The first-order chi connectivity index (χ1) is 8.81. The molecular weight excluding hydrogens is 220 g/mol. The molecule has 0 radical (unpaired) electrons. The van der Waals surface area contributed by atoms with Gasteiger partial charge in [0.1, 0.15) is 0 Å². The Bertz CT molecular complexity index is 330. The van der Waals surface area contributed by atoms with Gasteiger partial charge < -0.3 is 5.32 Å². The molecule has 0 bridgehead atoms. The first-order valence-corrected chi connectivity index (χ1v) is 7.31. The van der Waals surface area contributed by atoms with Crippen molar-refractivity contribution in [3.8, 4) is 0 Å². The van der Waals surface area contributed by atoms with E-state index in [0.717, 1.165) is 19.1 Å². The van der Waals surface area contributed by atoms with Gasteiger partial charge in [-0.25, -0.2) is 0 Å². The predicted octanol–water partition coefficient (Wildman–Crippen LogP) is 2.86. The van der Waals surface area contributed by atoms with Gasteiger partial charge in [-0.1, -0.05) is 44.2 Å². The van der Waals surface area contributed by atoms with E-state index in [-0.39, 0.29) is 0 Å². The van der Waals surface area contributed by atoms with Crippen molar-refractivity contribution < 1.29 is 0 Å². The molecular formula is C16H26N2. The van der Waals surface area contributed by atoms with Crippen molar-refractivity contribution in [1.29, 1.82) is 0 Å². The quantitative estimate of drug-likeness (QED) is 0.859. The zero-order valence-electron chi connectivity index (χ0n) is 11.7. The summed E-state index contributed by atoms with van der Waals surface area (Å²) in [5.41, 5.74) is 1.46. The zero-order chi connectivity index (χ0) is 12.8. The molecule has 2 rings (SSSR count). The fourth-order valence-electron chi connectivity index (χ4n) is 2.92. The van der Waals surface area contributed by atoms with E-state index in [4.69, 9.17) is 0 Å². The van der Waals surface area contributed by atoms with Crippen LogP contribution in [0.25, 0.3) is 0 Å². The van der Waals surface area contributed by atoms with Crippen molar-refractivity contribution >= 4 is 0 Å². The van der Waals surface area contributed by atoms with Crippen LogP contribution in [0, 0.1) is 0 Å². The Labute approximate surface area is 111 Å². The van der Waals surface area contributed by atoms with Crippen LogP contribution in [0.5, 0.6) is 0 Å². The molecule has 0 amide bonds. The second-order valence-electron chi connectivity index (χ2n) is 5.40. The van der Waals surface area contributed by atoms with E-state index in [2.05, 4.69) is 54.4 Å². The molecule has 2 atom stereocenters. The number of piperidine rings is 1. The van der Waals surface area contributed by atoms with Gasteiger partial charge >= 0.3 is 0 Å². The maximum absolute atomic E-state index is 3.52. The average molecular weight is 246 g/mol. The van der Waals surface area contributed by atoms with E-state index >= 15 is 0 Å². The third-order valence-electron chi connectivity index (χ3n) is 4.07. The molecule has 1 heterocycles. The van der Waals surface area contributed by atoms with E-state index in [9.17, 15) is 0 Å². The maximum Gasteiger partial charge on any atom is 0.0221 e. The summed E-state index contributed by atoms with van der Waals surface area (Å²) in [6.07, 6.45) is 2.67. The first kappa shape index (κ1) is 13.6. The molecule has 2 unspecified atom stereocenters. The fourth-order valence-corrected chi connectivity index (χ4v) is 2.92. The number of benzene rings is 1. The van der Waals surface area contributed by atoms with Gasteiger partial charge in [0, 0.05) is 19.1 Å². The van der Waals surface area contributed by atoms with Crippen molar-refractivity contribution in [1.82, 2.24) is 10.2 Å². The van der Waals surface area contributed by atoms with Crippen molar-refractivity contribution in [2.45, 2.75) is 38.6 Å². The summed E-state index contributed by atoms with van der Waals surface area (Å²) in [6, 6.07) is 11.6. The summed E-state index contributed by atoms with van der Waals surface area (Å²) in [7, 11) is 0. The van der Waals surface area contributed by atoms with Gasteiger partial charge in [-0.3, -0.25) is 4.90 Å². The number of rotatable bonds is 5. The molecule has 1 aliphatic rings. The predicted molar refractivity (Wildman–Crippen MR) is 78.0 cm³/mol. The van der Waals surface area contributed by atoms with E-state index in [0.29, 0.717) is 5.92 Å². The van der Waals surface area contributed by atoms with Gasteiger partial charge in [0.2, 0.25) is 0 Å². The maximum atomic E-state index is 3.52. The molecule has 1 aliphatic heterocycles. The standard InChI is InChI=1S/C16H26N2/c1-3-18(16-10-7-11-17-12-16)13-14(2)15-8-5-4-6-9-15/h4-6,8-9,14,16-17H,3,7,10-13H2,1-2H3. The summed E-state index contributed by atoms with van der Waals surface area (Å²) < 4.78 is 0. The van der Waals surface area contributed by atoms with Crippen molar-refractivity contribution in [2.24, 2.45) is 0 Å². The number of nitrogens with one attached hydrogen (secondary N) is 1. The summed E-state index contributed by atoms with van der Waals surface area (Å²) in [6.45, 7) is 9.31. The summed E-state index contributed by atoms with van der Waals surface area (Å²) in [4.78, 5) is 2.64. The molecule has 1 aromatic carbocycles. The Balaban J connectivity index is 1.93. The summed E-state index contributed by atoms with van der Waals surface area (Å²) in [5.74, 6) is 0.619. The minimum Gasteiger partial charge on any atom is -0.315 e. The second-order valence-corrected chi connectivity index (χ2v) is 5.40. The second kappa shape index (κ2) is 6.91. The number of likely N-dealkylation sites (N-methyl/N-ethyl adjacent to an activating group) is 1. The summed E-state index contributed by atoms with van der Waals surface area (Å²) >= 11 is 0. The highest BCUT2D eigenvalue weighted by Crippen LogP contribution is 2.19. The fraction of sp³-hybridized carbons (Fsp3) is 0.625. The minimum absolute atomic E-state index is 0.619. The molecule has 0 aromatic heterocycles. The molecule has 100 valence electrons. The molecule has 0 spiro atoms. The Hall–Kier alpha value is -0.860. The highest BCUT2D eigenvalue weighted by atomic mass is 15.2. The highest BCUT2D eigenvalue weighted by molar-refractivity contribution is 5.19. The van der Waals surface area contributed by atoms with Crippen molar-refractivity contribution in [2.75, 3.05) is 26.2 Å². The SMILES string of the molecule is CCN(CC(C)c1ccccc1)C1CCCNC1. The number of hydrogen-bond acceptors (Lipinski definition) is 2. The number of nitrogens with zero attached hydrogens (tertiary/aromatic N) is 1. The lowest BCUT2D eigenvalue weighted by molar-refractivity contribution is 0.166. The van der Waals surface area contributed by atoms with Crippen LogP contribution in [-0.4, -0.2) is 37.1 Å². The Morgan fingerprint density at radius 1 is 1.33 bits per heavy atom. The van der Waals surface area contributed by atoms with Crippen molar-refractivity contribution in [3.05, 3.63) is 35.9 Å². The molecule has 2 heteroatoms. The first-order valence-electron chi connectivity index (χ1n) is 7.31. The van der Waals surface area contributed by atoms with Crippen LogP contribution in [0.15, 0.2) is 30.3 Å². The van der Waals surface area contributed by atoms with Crippen LogP contribution in [0.1, 0.15) is 38.2 Å². The Kier molecular flexibility index (Phi) is 5.21. The van der Waals surface area contributed by atoms with Gasteiger partial charge in [-0.15, -0.1) is 0 Å². The van der Waals surface area contributed by atoms with Crippen LogP contribution in [-0.2, 0) is 0 Å². The van der Waals surface area contributed by atoms with E-state index in [1.54, 1.807) is 0 Å². The molecule has 1 N–H and O–H groups in total. The number of hydrogen-bond donors (Lipinski definition) is 1. The average Bonchev–Trinajstić information content (AvgIpc) is 2.46. The Morgan fingerprint density at radius 2 is 2.11 bits per heavy atom. The van der Waals surface area contributed by atoms with E-state index in [1.807, 2.05) is 0 Å². The molecule has 2 nitrogen and oxygen atoms in total. The van der Waals surface area contributed by atoms with E-state index in [1.165, 1.54) is 31.5 Å².